The van der Waals surface area contributed by atoms with Gasteiger partial charge >= 0.3 is 6.18 Å². The van der Waals surface area contributed by atoms with Gasteiger partial charge in [0.2, 0.25) is 0 Å². The van der Waals surface area contributed by atoms with Crippen LogP contribution >= 0.6 is 11.3 Å². The van der Waals surface area contributed by atoms with Crippen molar-refractivity contribution in [1.29, 1.82) is 0 Å². The zero-order valence-corrected chi connectivity index (χ0v) is 17.5. The molecule has 4 rings (SSSR count). The second kappa shape index (κ2) is 8.04. The predicted octanol–water partition coefficient (Wildman–Crippen LogP) is 3.82. The van der Waals surface area contributed by atoms with Crippen molar-refractivity contribution in [2.45, 2.75) is 13.1 Å². The molecular formula is C20H15F3N6O2S. The summed E-state index contributed by atoms with van der Waals surface area (Å²) in [5.41, 5.74) is -0.947. The first kappa shape index (κ1) is 21.4. The van der Waals surface area contributed by atoms with Crippen LogP contribution in [0.2, 0.25) is 0 Å². The Bertz CT molecular complexity index is 1340. The van der Waals surface area contributed by atoms with Crippen LogP contribution in [0.1, 0.15) is 31.4 Å². The molecule has 2 amide bonds. The number of thiophene rings is 1. The van der Waals surface area contributed by atoms with Crippen LogP contribution in [0.15, 0.2) is 42.7 Å². The molecule has 0 aliphatic carbocycles. The molecule has 2 N–H and O–H groups in total. The first-order valence-electron chi connectivity index (χ1n) is 9.21. The molecule has 8 nitrogen and oxygen atoms in total. The smallest absolute Gasteiger partial charge is 0.354 e. The number of anilines is 1. The van der Waals surface area contributed by atoms with E-state index in [4.69, 9.17) is 0 Å². The number of hydrogen-bond acceptors (Lipinski definition) is 6. The van der Waals surface area contributed by atoms with E-state index in [1.807, 2.05) is 0 Å². The number of rotatable bonds is 4. The topological polar surface area (TPSA) is 102 Å². The summed E-state index contributed by atoms with van der Waals surface area (Å²) in [4.78, 5) is 34.4. The molecule has 4 aromatic heterocycles. The Morgan fingerprint density at radius 2 is 1.81 bits per heavy atom. The summed E-state index contributed by atoms with van der Waals surface area (Å²) in [7, 11) is 1.43. The standard InChI is InChI=1S/C20H15F3N6O2S/c1-10-5-3-7-25-16(10)29-12(9-13(28-29)20(21,22)23)17(30)27-14-11-6-4-8-26-19(11)32-15(14)18(31)24-2/h3-9H,1-2H3,(H,24,31)(H,27,30). The highest BCUT2D eigenvalue weighted by Gasteiger charge is 2.36. The highest BCUT2D eigenvalue weighted by atomic mass is 32.1. The van der Waals surface area contributed by atoms with Gasteiger partial charge in [-0.25, -0.2) is 14.6 Å². The highest BCUT2D eigenvalue weighted by Crippen LogP contribution is 2.35. The van der Waals surface area contributed by atoms with Gasteiger partial charge < -0.3 is 10.6 Å². The molecule has 0 aliphatic rings. The largest absolute Gasteiger partial charge is 0.435 e. The maximum absolute atomic E-state index is 13.4. The molecule has 0 aliphatic heterocycles. The van der Waals surface area contributed by atoms with Crippen molar-refractivity contribution < 1.29 is 22.8 Å². The highest BCUT2D eigenvalue weighted by molar-refractivity contribution is 7.21. The van der Waals surface area contributed by atoms with Gasteiger partial charge in [0.05, 0.1) is 5.69 Å². The van der Waals surface area contributed by atoms with Gasteiger partial charge in [0, 0.05) is 30.9 Å². The minimum atomic E-state index is -4.77. The van der Waals surface area contributed by atoms with Crippen molar-refractivity contribution in [3.05, 3.63) is 64.6 Å². The fourth-order valence-electron chi connectivity index (χ4n) is 3.05. The van der Waals surface area contributed by atoms with Crippen LogP contribution < -0.4 is 10.6 Å². The Hall–Kier alpha value is -3.80. The number of hydrogen-bond donors (Lipinski definition) is 2. The van der Waals surface area contributed by atoms with Crippen LogP contribution in [0.25, 0.3) is 16.0 Å². The number of pyridine rings is 2. The Morgan fingerprint density at radius 1 is 1.09 bits per heavy atom. The number of carbonyl (C=O) groups excluding carboxylic acids is 2. The van der Waals surface area contributed by atoms with E-state index in [9.17, 15) is 22.8 Å². The lowest BCUT2D eigenvalue weighted by molar-refractivity contribution is -0.141. The fraction of sp³-hybridized carbons (Fsp3) is 0.150. The molecule has 0 spiro atoms. The molecular weight excluding hydrogens is 445 g/mol. The van der Waals surface area contributed by atoms with Gasteiger partial charge in [0.25, 0.3) is 11.8 Å². The monoisotopic (exact) mass is 460 g/mol. The van der Waals surface area contributed by atoms with Gasteiger partial charge in [0.15, 0.2) is 11.5 Å². The van der Waals surface area contributed by atoms with Gasteiger partial charge in [-0.3, -0.25) is 9.59 Å². The lowest BCUT2D eigenvalue weighted by Crippen LogP contribution is -2.21. The average molecular weight is 460 g/mol. The van der Waals surface area contributed by atoms with E-state index < -0.39 is 23.7 Å². The predicted molar refractivity (Wildman–Crippen MR) is 112 cm³/mol. The Morgan fingerprint density at radius 3 is 2.50 bits per heavy atom. The Balaban J connectivity index is 1.84. The van der Waals surface area contributed by atoms with Crippen LogP contribution in [0.3, 0.4) is 0 Å². The van der Waals surface area contributed by atoms with Gasteiger partial charge in [-0.05, 0) is 30.7 Å². The minimum absolute atomic E-state index is 0.0801. The molecule has 0 fully saturated rings. The van der Waals surface area contributed by atoms with Crippen molar-refractivity contribution in [2.24, 2.45) is 0 Å². The molecule has 0 atom stereocenters. The number of carbonyl (C=O) groups is 2. The summed E-state index contributed by atoms with van der Waals surface area (Å²) < 4.78 is 41.0. The summed E-state index contributed by atoms with van der Waals surface area (Å²) in [6.07, 6.45) is -1.84. The molecule has 0 unspecified atom stereocenters. The van der Waals surface area contributed by atoms with Crippen LogP contribution in [0.4, 0.5) is 18.9 Å². The van der Waals surface area contributed by atoms with Crippen LogP contribution in [-0.2, 0) is 6.18 Å². The second-order valence-corrected chi connectivity index (χ2v) is 7.66. The van der Waals surface area contributed by atoms with Crippen molar-refractivity contribution >= 4 is 39.1 Å². The molecule has 0 bridgehead atoms. The van der Waals surface area contributed by atoms with Crippen LogP contribution in [0, 0.1) is 6.92 Å². The zero-order chi connectivity index (χ0) is 23.0. The van der Waals surface area contributed by atoms with Crippen molar-refractivity contribution in [3.63, 3.8) is 0 Å². The van der Waals surface area contributed by atoms with Gasteiger partial charge in [0.1, 0.15) is 15.4 Å². The van der Waals surface area contributed by atoms with Crippen molar-refractivity contribution in [3.8, 4) is 5.82 Å². The first-order valence-corrected chi connectivity index (χ1v) is 10.0. The van der Waals surface area contributed by atoms with E-state index in [1.165, 1.54) is 19.4 Å². The van der Waals surface area contributed by atoms with Crippen LogP contribution in [-0.4, -0.2) is 38.6 Å². The number of alkyl halides is 3. The molecule has 4 heterocycles. The molecule has 0 aromatic carbocycles. The number of nitrogens with one attached hydrogen (secondary N) is 2. The second-order valence-electron chi connectivity index (χ2n) is 6.66. The van der Waals surface area contributed by atoms with Crippen molar-refractivity contribution in [2.75, 3.05) is 12.4 Å². The van der Waals surface area contributed by atoms with E-state index in [1.54, 1.807) is 31.2 Å². The summed E-state index contributed by atoms with van der Waals surface area (Å²) >= 11 is 1.05. The average Bonchev–Trinajstić information content (AvgIpc) is 3.36. The fourth-order valence-corrected chi connectivity index (χ4v) is 4.09. The SMILES string of the molecule is CNC(=O)c1sc2ncccc2c1NC(=O)c1cc(C(F)(F)F)nn1-c1ncccc1C. The number of halogens is 3. The number of amides is 2. The van der Waals surface area contributed by atoms with Gasteiger partial charge in [-0.1, -0.05) is 6.07 Å². The van der Waals surface area contributed by atoms with Gasteiger partial charge in [-0.2, -0.15) is 18.3 Å². The quantitative estimate of drug-likeness (QED) is 0.482. The molecule has 164 valence electrons. The molecule has 0 saturated heterocycles. The number of aromatic nitrogens is 4. The third kappa shape index (κ3) is 3.80. The van der Waals surface area contributed by atoms with Crippen molar-refractivity contribution in [1.82, 2.24) is 25.1 Å². The maximum atomic E-state index is 13.4. The summed E-state index contributed by atoms with van der Waals surface area (Å²) in [5, 5.41) is 9.12. The lowest BCUT2D eigenvalue weighted by Gasteiger charge is -2.10. The summed E-state index contributed by atoms with van der Waals surface area (Å²) in [5.74, 6) is -1.27. The van der Waals surface area contributed by atoms with E-state index >= 15 is 0 Å². The molecule has 0 saturated carbocycles. The molecule has 32 heavy (non-hydrogen) atoms. The Kier molecular flexibility index (Phi) is 5.38. The summed E-state index contributed by atoms with van der Waals surface area (Å²) in [6.45, 7) is 1.64. The lowest BCUT2D eigenvalue weighted by atomic mass is 10.2. The zero-order valence-electron chi connectivity index (χ0n) is 16.7. The minimum Gasteiger partial charge on any atom is -0.354 e. The third-order valence-electron chi connectivity index (χ3n) is 4.55. The number of aryl methyl sites for hydroxylation is 1. The summed E-state index contributed by atoms with van der Waals surface area (Å²) in [6, 6.07) is 7.19. The molecule has 4 aromatic rings. The van der Waals surface area contributed by atoms with E-state index in [-0.39, 0.29) is 22.1 Å². The number of nitrogens with zero attached hydrogens (tertiary/aromatic N) is 4. The van der Waals surface area contributed by atoms with E-state index in [0.29, 0.717) is 21.8 Å². The normalized spacial score (nSPS) is 11.5. The van der Waals surface area contributed by atoms with Crippen LogP contribution in [0.5, 0.6) is 0 Å². The Labute approximate surface area is 183 Å². The molecule has 0 radical (unpaired) electrons. The molecule has 12 heteroatoms. The van der Waals surface area contributed by atoms with E-state index in [2.05, 4.69) is 25.7 Å². The van der Waals surface area contributed by atoms with E-state index in [0.717, 1.165) is 16.0 Å². The third-order valence-corrected chi connectivity index (χ3v) is 5.67. The number of fused-ring (bicyclic) bond motifs is 1. The maximum Gasteiger partial charge on any atom is 0.435 e. The first-order chi connectivity index (χ1) is 15.2. The van der Waals surface area contributed by atoms with Gasteiger partial charge in [-0.15, -0.1) is 11.3 Å².